The highest BCUT2D eigenvalue weighted by Gasteiger charge is 2.30. The molecule has 1 heterocycles. The molecule has 1 aliphatic heterocycles. The largest absolute Gasteiger partial charge is 0.478 e. The lowest BCUT2D eigenvalue weighted by molar-refractivity contribution is -0.143. The number of cyclic esters (lactones) is 1. The van der Waals surface area contributed by atoms with Gasteiger partial charge < -0.3 is 14.6 Å². The Hall–Kier alpha value is -1.75. The minimum absolute atomic E-state index is 0.0707. The highest BCUT2D eigenvalue weighted by atomic mass is 35.5. The fourth-order valence-electron chi connectivity index (χ4n) is 1.55. The quantitative estimate of drug-likeness (QED) is 0.834. The van der Waals surface area contributed by atoms with Crippen LogP contribution in [0.1, 0.15) is 16.8 Å². The third-order valence-corrected chi connectivity index (χ3v) is 2.66. The molecule has 1 fully saturated rings. The second-order valence-electron chi connectivity index (χ2n) is 3.48. The van der Waals surface area contributed by atoms with Crippen molar-refractivity contribution in [1.29, 1.82) is 0 Å². The maximum Gasteiger partial charge on any atom is 0.347 e. The monoisotopic (exact) mass is 256 g/mol. The van der Waals surface area contributed by atoms with Gasteiger partial charge in [0.05, 0.1) is 11.6 Å². The van der Waals surface area contributed by atoms with Gasteiger partial charge in [-0.2, -0.15) is 0 Å². The maximum atomic E-state index is 11.2. The molecule has 0 radical (unpaired) electrons. The summed E-state index contributed by atoms with van der Waals surface area (Å²) in [6.07, 6.45) is -0.351. The van der Waals surface area contributed by atoms with Gasteiger partial charge in [-0.05, 0) is 12.1 Å². The van der Waals surface area contributed by atoms with Gasteiger partial charge >= 0.3 is 11.9 Å². The van der Waals surface area contributed by atoms with Gasteiger partial charge in [-0.1, -0.05) is 17.7 Å². The Morgan fingerprint density at radius 3 is 2.88 bits per heavy atom. The number of carboxylic acid groups (broad SMARTS) is 1. The second-order valence-corrected chi connectivity index (χ2v) is 3.89. The van der Waals surface area contributed by atoms with E-state index in [0.29, 0.717) is 6.42 Å². The van der Waals surface area contributed by atoms with Gasteiger partial charge in [0.1, 0.15) is 11.3 Å². The van der Waals surface area contributed by atoms with E-state index in [1.54, 1.807) is 6.07 Å². The van der Waals surface area contributed by atoms with Crippen LogP contribution >= 0.6 is 11.6 Å². The van der Waals surface area contributed by atoms with E-state index in [1.807, 2.05) is 0 Å². The van der Waals surface area contributed by atoms with Gasteiger partial charge in [0.15, 0.2) is 6.10 Å². The van der Waals surface area contributed by atoms with Crippen LogP contribution in [0.15, 0.2) is 18.2 Å². The van der Waals surface area contributed by atoms with Crippen LogP contribution in [0.5, 0.6) is 5.75 Å². The van der Waals surface area contributed by atoms with Gasteiger partial charge in [-0.25, -0.2) is 9.59 Å². The summed E-state index contributed by atoms with van der Waals surface area (Å²) in [5.41, 5.74) is -0.145. The highest BCUT2D eigenvalue weighted by Crippen LogP contribution is 2.28. The number of ether oxygens (including phenoxy) is 2. The molecule has 0 aliphatic carbocycles. The summed E-state index contributed by atoms with van der Waals surface area (Å²) in [7, 11) is 0. The Morgan fingerprint density at radius 1 is 1.53 bits per heavy atom. The lowest BCUT2D eigenvalue weighted by atomic mass is 10.2. The zero-order chi connectivity index (χ0) is 12.4. The summed E-state index contributed by atoms with van der Waals surface area (Å²) in [6, 6.07) is 4.47. The molecule has 0 amide bonds. The predicted molar refractivity (Wildman–Crippen MR) is 58.4 cm³/mol. The molecule has 90 valence electrons. The average Bonchev–Trinajstić information content (AvgIpc) is 2.64. The van der Waals surface area contributed by atoms with E-state index in [1.165, 1.54) is 12.1 Å². The topological polar surface area (TPSA) is 72.8 Å². The summed E-state index contributed by atoms with van der Waals surface area (Å²) in [4.78, 5) is 22.2. The molecule has 1 N–H and O–H groups in total. The van der Waals surface area contributed by atoms with Gasteiger partial charge in [-0.3, -0.25) is 0 Å². The molecule has 0 spiro atoms. The Bertz CT molecular complexity index is 471. The molecule has 1 atom stereocenters. The number of rotatable bonds is 3. The fourth-order valence-corrected chi connectivity index (χ4v) is 1.79. The van der Waals surface area contributed by atoms with Crippen molar-refractivity contribution >= 4 is 23.5 Å². The number of carbonyl (C=O) groups excluding carboxylic acids is 1. The van der Waals surface area contributed by atoms with Gasteiger partial charge in [0, 0.05) is 6.42 Å². The van der Waals surface area contributed by atoms with E-state index in [2.05, 4.69) is 0 Å². The van der Waals surface area contributed by atoms with E-state index < -0.39 is 18.0 Å². The summed E-state index contributed by atoms with van der Waals surface area (Å²) in [5.74, 6) is -1.60. The van der Waals surface area contributed by atoms with Crippen LogP contribution in [0.4, 0.5) is 0 Å². The minimum Gasteiger partial charge on any atom is -0.478 e. The number of esters is 1. The number of carboxylic acids is 1. The number of carbonyl (C=O) groups is 2. The van der Waals surface area contributed by atoms with Crippen molar-refractivity contribution < 1.29 is 24.2 Å². The van der Waals surface area contributed by atoms with Crippen molar-refractivity contribution in [2.45, 2.75) is 12.5 Å². The summed E-state index contributed by atoms with van der Waals surface area (Å²) in [5, 5.41) is 9.08. The van der Waals surface area contributed by atoms with E-state index in [4.69, 9.17) is 26.2 Å². The highest BCUT2D eigenvalue weighted by molar-refractivity contribution is 6.33. The molecule has 0 bridgehead atoms. The second kappa shape index (κ2) is 4.63. The van der Waals surface area contributed by atoms with Gasteiger partial charge in [0.2, 0.25) is 0 Å². The molecule has 2 rings (SSSR count). The van der Waals surface area contributed by atoms with Crippen molar-refractivity contribution in [3.63, 3.8) is 0 Å². The summed E-state index contributed by atoms with van der Waals surface area (Å²) < 4.78 is 10.0. The van der Waals surface area contributed by atoms with Crippen molar-refractivity contribution in [3.05, 3.63) is 28.8 Å². The summed E-state index contributed by atoms with van der Waals surface area (Å²) in [6.45, 7) is 0.284. The predicted octanol–water partition coefficient (Wildman–Crippen LogP) is 1.73. The molecule has 1 saturated heterocycles. The standard InChI is InChI=1S/C11H9ClO5/c12-6-2-1-3-7(9(6)10(13)14)17-8-4-5-16-11(8)15/h1-3,8H,4-5H2,(H,13,14). The van der Waals surface area contributed by atoms with Crippen LogP contribution < -0.4 is 4.74 Å². The third-order valence-electron chi connectivity index (χ3n) is 2.35. The Morgan fingerprint density at radius 2 is 2.29 bits per heavy atom. The van der Waals surface area contributed by atoms with Crippen LogP contribution in [-0.2, 0) is 9.53 Å². The lowest BCUT2D eigenvalue weighted by Crippen LogP contribution is -2.22. The normalized spacial score (nSPS) is 18.9. The van der Waals surface area contributed by atoms with Crippen LogP contribution in [0.3, 0.4) is 0 Å². The van der Waals surface area contributed by atoms with Crippen LogP contribution in [0.25, 0.3) is 0 Å². The SMILES string of the molecule is O=C(O)c1c(Cl)cccc1OC1CCOC1=O. The first-order chi connectivity index (χ1) is 8.09. The zero-order valence-electron chi connectivity index (χ0n) is 8.68. The average molecular weight is 257 g/mol. The van der Waals surface area contributed by atoms with E-state index in [9.17, 15) is 9.59 Å². The van der Waals surface area contributed by atoms with E-state index in [-0.39, 0.29) is 22.9 Å². The van der Waals surface area contributed by atoms with E-state index in [0.717, 1.165) is 0 Å². The zero-order valence-corrected chi connectivity index (χ0v) is 9.44. The van der Waals surface area contributed by atoms with E-state index >= 15 is 0 Å². The Labute approximate surface area is 102 Å². The molecule has 1 aromatic rings. The van der Waals surface area contributed by atoms with Crippen molar-refractivity contribution in [1.82, 2.24) is 0 Å². The Kier molecular flexibility index (Phi) is 3.19. The third kappa shape index (κ3) is 2.34. The van der Waals surface area contributed by atoms with Crippen LogP contribution in [0, 0.1) is 0 Å². The first kappa shape index (κ1) is 11.7. The molecule has 0 aromatic heterocycles. The first-order valence-corrected chi connectivity index (χ1v) is 5.32. The van der Waals surface area contributed by atoms with Gasteiger partial charge in [-0.15, -0.1) is 0 Å². The molecule has 1 aliphatic rings. The maximum absolute atomic E-state index is 11.2. The number of hydrogen-bond acceptors (Lipinski definition) is 4. The smallest absolute Gasteiger partial charge is 0.347 e. The molecule has 17 heavy (non-hydrogen) atoms. The lowest BCUT2D eigenvalue weighted by Gasteiger charge is -2.12. The molecular weight excluding hydrogens is 248 g/mol. The number of aromatic carboxylic acids is 1. The first-order valence-electron chi connectivity index (χ1n) is 4.94. The van der Waals surface area contributed by atoms with Crippen LogP contribution in [-0.4, -0.2) is 29.8 Å². The number of halogens is 1. The minimum atomic E-state index is -1.20. The summed E-state index contributed by atoms with van der Waals surface area (Å²) >= 11 is 5.77. The number of benzene rings is 1. The van der Waals surface area contributed by atoms with Crippen molar-refractivity contribution in [2.75, 3.05) is 6.61 Å². The fraction of sp³-hybridized carbons (Fsp3) is 0.273. The number of hydrogen-bond donors (Lipinski definition) is 1. The molecule has 6 heteroatoms. The molecule has 1 unspecified atom stereocenters. The van der Waals surface area contributed by atoms with Crippen molar-refractivity contribution in [3.8, 4) is 5.75 Å². The molecule has 0 saturated carbocycles. The van der Waals surface area contributed by atoms with Gasteiger partial charge in [0.25, 0.3) is 0 Å². The van der Waals surface area contributed by atoms with Crippen LogP contribution in [0.2, 0.25) is 5.02 Å². The Balaban J connectivity index is 2.29. The molecular formula is C11H9ClO5. The molecule has 1 aromatic carbocycles. The molecule has 5 nitrogen and oxygen atoms in total. The van der Waals surface area contributed by atoms with Crippen molar-refractivity contribution in [2.24, 2.45) is 0 Å².